The van der Waals surface area contributed by atoms with Crippen LogP contribution in [0, 0.1) is 0 Å². The van der Waals surface area contributed by atoms with E-state index in [2.05, 4.69) is 11.3 Å². The van der Waals surface area contributed by atoms with Crippen LogP contribution >= 0.6 is 0 Å². The number of carbonyl (C=O) groups excluding carboxylic acids is 1. The van der Waals surface area contributed by atoms with Crippen molar-refractivity contribution in [3.05, 3.63) is 42.0 Å². The van der Waals surface area contributed by atoms with Gasteiger partial charge in [0.15, 0.2) is 5.78 Å². The number of allylic oxidation sites excluding steroid dienone is 1. The van der Waals surface area contributed by atoms with E-state index in [1.165, 1.54) is 24.3 Å². The number of benzene rings is 1. The predicted molar refractivity (Wildman–Crippen MR) is 61.5 cm³/mol. The first-order chi connectivity index (χ1) is 8.02. The Morgan fingerprint density at radius 2 is 1.94 bits per heavy atom. The fraction of sp³-hybridized carbons (Fsp3) is 0.308. The van der Waals surface area contributed by atoms with Crippen LogP contribution in [0.2, 0.25) is 0 Å². The minimum absolute atomic E-state index is 0.0471. The van der Waals surface area contributed by atoms with Crippen LogP contribution in [0.1, 0.15) is 30.1 Å². The average molecular weight is 240 g/mol. The van der Waals surface area contributed by atoms with Gasteiger partial charge in [-0.2, -0.15) is 8.78 Å². The van der Waals surface area contributed by atoms with Gasteiger partial charge in [0.25, 0.3) is 0 Å². The van der Waals surface area contributed by atoms with Crippen LogP contribution in [0.5, 0.6) is 5.75 Å². The molecule has 1 aromatic rings. The highest BCUT2D eigenvalue weighted by atomic mass is 19.3. The summed E-state index contributed by atoms with van der Waals surface area (Å²) in [4.78, 5) is 11.7. The molecule has 0 N–H and O–H groups in total. The number of halogens is 2. The van der Waals surface area contributed by atoms with Crippen molar-refractivity contribution in [1.82, 2.24) is 0 Å². The third-order valence-electron chi connectivity index (χ3n) is 2.31. The average Bonchev–Trinajstić information content (AvgIpc) is 2.28. The summed E-state index contributed by atoms with van der Waals surface area (Å²) in [6, 6.07) is 5.66. The summed E-state index contributed by atoms with van der Waals surface area (Å²) < 4.78 is 28.0. The number of alkyl halides is 2. The lowest BCUT2D eigenvalue weighted by Crippen LogP contribution is -2.03. The Morgan fingerprint density at radius 1 is 1.35 bits per heavy atom. The van der Waals surface area contributed by atoms with E-state index in [0.717, 1.165) is 12.0 Å². The first kappa shape index (κ1) is 13.4. The molecule has 17 heavy (non-hydrogen) atoms. The van der Waals surface area contributed by atoms with Gasteiger partial charge in [0.2, 0.25) is 0 Å². The third-order valence-corrected chi connectivity index (χ3v) is 2.31. The largest absolute Gasteiger partial charge is 0.435 e. The van der Waals surface area contributed by atoms with E-state index in [-0.39, 0.29) is 18.0 Å². The SMILES string of the molecule is C=C(CC)CC(=O)c1ccc(OC(F)F)cc1. The van der Waals surface area contributed by atoms with E-state index in [0.29, 0.717) is 5.56 Å². The van der Waals surface area contributed by atoms with Crippen molar-refractivity contribution in [2.75, 3.05) is 0 Å². The molecule has 0 bridgehead atoms. The Kier molecular flexibility index (Phi) is 4.82. The smallest absolute Gasteiger partial charge is 0.387 e. The Bertz CT molecular complexity index is 396. The van der Waals surface area contributed by atoms with Crippen LogP contribution < -0.4 is 4.74 Å². The Labute approximate surface area is 98.9 Å². The minimum atomic E-state index is -2.85. The van der Waals surface area contributed by atoms with Gasteiger partial charge in [0.1, 0.15) is 5.75 Å². The fourth-order valence-corrected chi connectivity index (χ4v) is 1.28. The van der Waals surface area contributed by atoms with Crippen molar-refractivity contribution in [2.45, 2.75) is 26.4 Å². The number of ketones is 1. The molecular formula is C13H14F2O2. The molecule has 2 nitrogen and oxygen atoms in total. The van der Waals surface area contributed by atoms with Gasteiger partial charge in [-0.1, -0.05) is 19.1 Å². The zero-order chi connectivity index (χ0) is 12.8. The van der Waals surface area contributed by atoms with Crippen LogP contribution in [0.15, 0.2) is 36.4 Å². The molecule has 0 heterocycles. The molecule has 0 aromatic heterocycles. The van der Waals surface area contributed by atoms with Crippen LogP contribution in [0.4, 0.5) is 8.78 Å². The Balaban J connectivity index is 2.67. The maximum absolute atomic E-state index is 11.9. The van der Waals surface area contributed by atoms with E-state index in [1.807, 2.05) is 6.92 Å². The summed E-state index contributed by atoms with van der Waals surface area (Å²) in [6.07, 6.45) is 1.03. The molecular weight excluding hydrogens is 226 g/mol. The van der Waals surface area contributed by atoms with Crippen molar-refractivity contribution < 1.29 is 18.3 Å². The topological polar surface area (TPSA) is 26.3 Å². The van der Waals surface area contributed by atoms with Crippen molar-refractivity contribution in [2.24, 2.45) is 0 Å². The lowest BCUT2D eigenvalue weighted by Gasteiger charge is -2.05. The van der Waals surface area contributed by atoms with Gasteiger partial charge in [-0.25, -0.2) is 0 Å². The lowest BCUT2D eigenvalue weighted by molar-refractivity contribution is -0.0498. The van der Waals surface area contributed by atoms with Gasteiger partial charge < -0.3 is 4.74 Å². The summed E-state index contributed by atoms with van der Waals surface area (Å²) in [5.41, 5.74) is 1.32. The van der Waals surface area contributed by atoms with Crippen molar-refractivity contribution in [1.29, 1.82) is 0 Å². The van der Waals surface area contributed by atoms with E-state index in [4.69, 9.17) is 0 Å². The summed E-state index contributed by atoms with van der Waals surface area (Å²) >= 11 is 0. The van der Waals surface area contributed by atoms with E-state index < -0.39 is 6.61 Å². The van der Waals surface area contributed by atoms with E-state index >= 15 is 0 Å². The van der Waals surface area contributed by atoms with Gasteiger partial charge in [0, 0.05) is 12.0 Å². The summed E-state index contributed by atoms with van der Waals surface area (Å²) in [5.74, 6) is -0.0219. The van der Waals surface area contributed by atoms with E-state index in [1.54, 1.807) is 0 Å². The fourth-order valence-electron chi connectivity index (χ4n) is 1.28. The van der Waals surface area contributed by atoms with Crippen LogP contribution in [-0.2, 0) is 0 Å². The van der Waals surface area contributed by atoms with E-state index in [9.17, 15) is 13.6 Å². The highest BCUT2D eigenvalue weighted by molar-refractivity contribution is 5.97. The number of hydrogen-bond donors (Lipinski definition) is 0. The Hall–Kier alpha value is -1.71. The lowest BCUT2D eigenvalue weighted by atomic mass is 10.0. The highest BCUT2D eigenvalue weighted by Gasteiger charge is 2.08. The monoisotopic (exact) mass is 240 g/mol. The number of hydrogen-bond acceptors (Lipinski definition) is 2. The van der Waals surface area contributed by atoms with Crippen molar-refractivity contribution >= 4 is 5.78 Å². The predicted octanol–water partition coefficient (Wildman–Crippen LogP) is 3.83. The molecule has 4 heteroatoms. The molecule has 0 spiro atoms. The molecule has 0 aliphatic heterocycles. The number of ether oxygens (including phenoxy) is 1. The second kappa shape index (κ2) is 6.13. The quantitative estimate of drug-likeness (QED) is 0.558. The molecule has 0 fully saturated rings. The molecule has 0 saturated carbocycles. The van der Waals surface area contributed by atoms with Crippen LogP contribution in [0.25, 0.3) is 0 Å². The normalized spacial score (nSPS) is 10.4. The zero-order valence-electron chi connectivity index (χ0n) is 9.58. The molecule has 0 aliphatic rings. The number of rotatable bonds is 6. The maximum Gasteiger partial charge on any atom is 0.387 e. The minimum Gasteiger partial charge on any atom is -0.435 e. The molecule has 1 rings (SSSR count). The maximum atomic E-state index is 11.9. The highest BCUT2D eigenvalue weighted by Crippen LogP contribution is 2.17. The second-order valence-electron chi connectivity index (χ2n) is 3.61. The van der Waals surface area contributed by atoms with Gasteiger partial charge in [-0.05, 0) is 30.7 Å². The second-order valence-corrected chi connectivity index (χ2v) is 3.61. The van der Waals surface area contributed by atoms with Crippen LogP contribution in [0.3, 0.4) is 0 Å². The molecule has 0 aliphatic carbocycles. The van der Waals surface area contributed by atoms with Gasteiger partial charge in [0.05, 0.1) is 0 Å². The third kappa shape index (κ3) is 4.34. The number of carbonyl (C=O) groups is 1. The van der Waals surface area contributed by atoms with Crippen molar-refractivity contribution in [3.8, 4) is 5.75 Å². The first-order valence-corrected chi connectivity index (χ1v) is 5.27. The summed E-state index contributed by atoms with van der Waals surface area (Å²) in [6.45, 7) is 2.83. The van der Waals surface area contributed by atoms with Gasteiger partial charge in [-0.3, -0.25) is 4.79 Å². The standard InChI is InChI=1S/C13H14F2O2/c1-3-9(2)8-12(16)10-4-6-11(7-5-10)17-13(14)15/h4-7,13H,2-3,8H2,1H3. The van der Waals surface area contributed by atoms with Crippen LogP contribution in [-0.4, -0.2) is 12.4 Å². The molecule has 0 atom stereocenters. The summed E-state index contributed by atoms with van der Waals surface area (Å²) in [5, 5.41) is 0. The molecule has 0 saturated heterocycles. The first-order valence-electron chi connectivity index (χ1n) is 5.27. The Morgan fingerprint density at radius 3 is 2.41 bits per heavy atom. The molecule has 0 unspecified atom stereocenters. The molecule has 0 amide bonds. The van der Waals surface area contributed by atoms with Crippen molar-refractivity contribution in [3.63, 3.8) is 0 Å². The molecule has 0 radical (unpaired) electrons. The molecule has 92 valence electrons. The summed E-state index contributed by atoms with van der Waals surface area (Å²) in [7, 11) is 0. The molecule has 1 aromatic carbocycles. The van der Waals surface area contributed by atoms with Gasteiger partial charge >= 0.3 is 6.61 Å². The zero-order valence-corrected chi connectivity index (χ0v) is 9.58. The van der Waals surface area contributed by atoms with Gasteiger partial charge in [-0.15, -0.1) is 0 Å². The number of Topliss-reactive ketones (excluding diaryl/α,β-unsaturated/α-hetero) is 1.